The molecule has 0 aromatic carbocycles. The molecule has 0 N–H and O–H groups in total. The fourth-order valence-electron chi connectivity index (χ4n) is 2.39. The van der Waals surface area contributed by atoms with Gasteiger partial charge in [0.2, 0.25) is 5.78 Å². The molecule has 1 aromatic heterocycles. The van der Waals surface area contributed by atoms with E-state index in [0.717, 1.165) is 0 Å². The number of nitrogens with zero attached hydrogens (tertiary/aromatic N) is 2. The second-order valence-electron chi connectivity index (χ2n) is 5.02. The van der Waals surface area contributed by atoms with Crippen LogP contribution in [0.15, 0.2) is 6.20 Å². The van der Waals surface area contributed by atoms with Crippen molar-refractivity contribution in [3.63, 3.8) is 0 Å². The highest BCUT2D eigenvalue weighted by molar-refractivity contribution is 6.34. The first-order valence-electron chi connectivity index (χ1n) is 6.42. The monoisotopic (exact) mass is 286 g/mol. The molecule has 0 saturated carbocycles. The highest BCUT2D eigenvalue weighted by Gasteiger charge is 2.43. The normalized spacial score (nSPS) is 18.8. The molecule has 5 nitrogen and oxygen atoms in total. The van der Waals surface area contributed by atoms with E-state index in [1.54, 1.807) is 11.8 Å². The van der Waals surface area contributed by atoms with E-state index in [-0.39, 0.29) is 11.8 Å². The highest BCUT2D eigenvalue weighted by atomic mass is 35.5. The Morgan fingerprint density at radius 1 is 1.53 bits per heavy atom. The Morgan fingerprint density at radius 2 is 2.16 bits per heavy atom. The van der Waals surface area contributed by atoms with E-state index < -0.39 is 5.60 Å². The molecule has 1 aliphatic heterocycles. The molecule has 0 bridgehead atoms. The number of halogens is 1. The fourth-order valence-corrected chi connectivity index (χ4v) is 2.60. The average molecular weight is 287 g/mol. The molecule has 0 spiro atoms. The summed E-state index contributed by atoms with van der Waals surface area (Å²) >= 11 is 6.13. The molecule has 0 aliphatic carbocycles. The zero-order valence-electron chi connectivity index (χ0n) is 11.5. The summed E-state index contributed by atoms with van der Waals surface area (Å²) in [6.07, 6.45) is 2.60. The average Bonchev–Trinajstić information content (AvgIpc) is 2.80. The number of carbonyl (C=O) groups excluding carboxylic acids is 1. The fraction of sp³-hybridized carbons (Fsp3) is 0.692. The van der Waals surface area contributed by atoms with Gasteiger partial charge in [-0.25, -0.2) is 0 Å². The van der Waals surface area contributed by atoms with Crippen LogP contribution in [-0.4, -0.2) is 41.5 Å². The Labute approximate surface area is 117 Å². The van der Waals surface area contributed by atoms with E-state index >= 15 is 0 Å². The molecule has 1 saturated heterocycles. The minimum Gasteiger partial charge on any atom is -0.381 e. The molecule has 6 heteroatoms. The second kappa shape index (κ2) is 5.61. The van der Waals surface area contributed by atoms with Crippen LogP contribution in [-0.2, 0) is 9.47 Å². The van der Waals surface area contributed by atoms with Crippen molar-refractivity contribution in [2.45, 2.75) is 38.3 Å². The Morgan fingerprint density at radius 3 is 2.68 bits per heavy atom. The smallest absolute Gasteiger partial charge is 0.214 e. The van der Waals surface area contributed by atoms with E-state index in [9.17, 15) is 4.79 Å². The van der Waals surface area contributed by atoms with Crippen LogP contribution in [0.3, 0.4) is 0 Å². The van der Waals surface area contributed by atoms with Crippen molar-refractivity contribution in [1.29, 1.82) is 0 Å². The quantitative estimate of drug-likeness (QED) is 0.798. The predicted molar refractivity (Wildman–Crippen MR) is 71.7 cm³/mol. The van der Waals surface area contributed by atoms with E-state index in [1.807, 2.05) is 13.8 Å². The van der Waals surface area contributed by atoms with Crippen molar-refractivity contribution in [1.82, 2.24) is 9.78 Å². The number of methoxy groups -OCH3 is 1. The van der Waals surface area contributed by atoms with E-state index in [2.05, 4.69) is 5.10 Å². The molecule has 2 rings (SSSR count). The number of hydrogen-bond donors (Lipinski definition) is 0. The van der Waals surface area contributed by atoms with Crippen LogP contribution >= 0.6 is 11.6 Å². The third-order valence-corrected chi connectivity index (χ3v) is 3.84. The molecule has 0 unspecified atom stereocenters. The Hall–Kier alpha value is -0.910. The Bertz CT molecular complexity index is 464. The molecule has 0 radical (unpaired) electrons. The molecule has 0 amide bonds. The lowest BCUT2D eigenvalue weighted by atomic mass is 9.87. The summed E-state index contributed by atoms with van der Waals surface area (Å²) in [6, 6.07) is 0.0696. The van der Waals surface area contributed by atoms with Crippen LogP contribution in [0.5, 0.6) is 0 Å². The molecule has 106 valence electrons. The summed E-state index contributed by atoms with van der Waals surface area (Å²) in [5, 5.41) is 4.55. The number of ether oxygens (including phenoxy) is 2. The third kappa shape index (κ3) is 2.55. The number of carbonyl (C=O) groups is 1. The molecule has 2 heterocycles. The third-order valence-electron chi connectivity index (χ3n) is 3.56. The van der Waals surface area contributed by atoms with E-state index in [0.29, 0.717) is 36.8 Å². The summed E-state index contributed by atoms with van der Waals surface area (Å²) in [7, 11) is 1.56. The van der Waals surface area contributed by atoms with Crippen molar-refractivity contribution in [2.75, 3.05) is 20.3 Å². The molecule has 1 fully saturated rings. The van der Waals surface area contributed by atoms with Crippen LogP contribution < -0.4 is 0 Å². The van der Waals surface area contributed by atoms with Gasteiger partial charge < -0.3 is 9.47 Å². The minimum absolute atomic E-state index is 0.0696. The Balaban J connectivity index is 2.40. The van der Waals surface area contributed by atoms with Crippen molar-refractivity contribution < 1.29 is 14.3 Å². The maximum absolute atomic E-state index is 12.8. The zero-order chi connectivity index (χ0) is 14.0. The van der Waals surface area contributed by atoms with Gasteiger partial charge in [0, 0.05) is 39.2 Å². The van der Waals surface area contributed by atoms with Gasteiger partial charge in [0.25, 0.3) is 0 Å². The number of aromatic nitrogens is 2. The standard InChI is InChI=1S/C13H19ClN2O3/c1-9(2)16-11(10(14)8-15-16)12(17)13(18-3)4-6-19-7-5-13/h8-9H,4-7H2,1-3H3. The van der Waals surface area contributed by atoms with Crippen molar-refractivity contribution in [3.05, 3.63) is 16.9 Å². The van der Waals surface area contributed by atoms with Gasteiger partial charge in [-0.2, -0.15) is 5.10 Å². The second-order valence-corrected chi connectivity index (χ2v) is 5.43. The number of ketones is 1. The molecular weight excluding hydrogens is 268 g/mol. The van der Waals surface area contributed by atoms with Gasteiger partial charge in [0.05, 0.1) is 11.2 Å². The van der Waals surface area contributed by atoms with Crippen molar-refractivity contribution in [2.24, 2.45) is 0 Å². The largest absolute Gasteiger partial charge is 0.381 e. The van der Waals surface area contributed by atoms with Crippen molar-refractivity contribution >= 4 is 17.4 Å². The van der Waals surface area contributed by atoms with Gasteiger partial charge in [-0.15, -0.1) is 0 Å². The number of Topliss-reactive ketones (excluding diaryl/α,β-unsaturated/α-hetero) is 1. The summed E-state index contributed by atoms with van der Waals surface area (Å²) in [5.74, 6) is -0.102. The summed E-state index contributed by atoms with van der Waals surface area (Å²) in [4.78, 5) is 12.8. The molecular formula is C13H19ClN2O3. The SMILES string of the molecule is COC1(C(=O)c2c(Cl)cnn2C(C)C)CCOCC1. The van der Waals surface area contributed by atoms with Crippen LogP contribution in [0, 0.1) is 0 Å². The van der Waals surface area contributed by atoms with Crippen LogP contribution in [0.25, 0.3) is 0 Å². The highest BCUT2D eigenvalue weighted by Crippen LogP contribution is 2.32. The summed E-state index contributed by atoms with van der Waals surface area (Å²) in [5.41, 5.74) is -0.408. The molecule has 0 atom stereocenters. The summed E-state index contributed by atoms with van der Waals surface area (Å²) in [6.45, 7) is 4.97. The molecule has 19 heavy (non-hydrogen) atoms. The van der Waals surface area contributed by atoms with E-state index in [1.165, 1.54) is 6.20 Å². The minimum atomic E-state index is -0.839. The van der Waals surface area contributed by atoms with Gasteiger partial charge in [0.15, 0.2) is 0 Å². The lowest BCUT2D eigenvalue weighted by Crippen LogP contribution is -2.46. The number of hydrogen-bond acceptors (Lipinski definition) is 4. The lowest BCUT2D eigenvalue weighted by molar-refractivity contribution is -0.0667. The molecule has 1 aliphatic rings. The van der Waals surface area contributed by atoms with Crippen LogP contribution in [0.2, 0.25) is 5.02 Å². The maximum atomic E-state index is 12.8. The van der Waals surface area contributed by atoms with Crippen LogP contribution in [0.4, 0.5) is 0 Å². The maximum Gasteiger partial charge on any atom is 0.214 e. The molecule has 1 aromatic rings. The number of rotatable bonds is 4. The first-order valence-corrected chi connectivity index (χ1v) is 6.80. The Kier molecular flexibility index (Phi) is 4.28. The van der Waals surface area contributed by atoms with Gasteiger partial charge >= 0.3 is 0 Å². The topological polar surface area (TPSA) is 53.3 Å². The first kappa shape index (κ1) is 14.5. The van der Waals surface area contributed by atoms with Gasteiger partial charge in [0.1, 0.15) is 11.3 Å². The zero-order valence-corrected chi connectivity index (χ0v) is 12.2. The van der Waals surface area contributed by atoms with Gasteiger partial charge in [-0.05, 0) is 13.8 Å². The van der Waals surface area contributed by atoms with Gasteiger partial charge in [-0.3, -0.25) is 9.48 Å². The first-order chi connectivity index (χ1) is 9.02. The predicted octanol–water partition coefficient (Wildman–Crippen LogP) is 2.50. The van der Waals surface area contributed by atoms with Crippen LogP contribution in [0.1, 0.15) is 43.2 Å². The lowest BCUT2D eigenvalue weighted by Gasteiger charge is -2.34. The summed E-state index contributed by atoms with van der Waals surface area (Å²) < 4.78 is 12.5. The van der Waals surface area contributed by atoms with Crippen molar-refractivity contribution in [3.8, 4) is 0 Å². The van der Waals surface area contributed by atoms with Gasteiger partial charge in [-0.1, -0.05) is 11.6 Å². The van der Waals surface area contributed by atoms with E-state index in [4.69, 9.17) is 21.1 Å².